The molecule has 0 spiro atoms. The van der Waals surface area contributed by atoms with Crippen LogP contribution in [0.4, 0.5) is 10.5 Å². The quantitative estimate of drug-likeness (QED) is 0.549. The van der Waals surface area contributed by atoms with Gasteiger partial charge in [-0.15, -0.1) is 0 Å². The maximum atomic E-state index is 13.2. The molecule has 1 aliphatic rings. The Morgan fingerprint density at radius 2 is 1.77 bits per heavy atom. The number of nitrogens with one attached hydrogen (secondary N) is 3. The van der Waals surface area contributed by atoms with Gasteiger partial charge < -0.3 is 25.2 Å². The smallest absolute Gasteiger partial charge is 0.410 e. The van der Waals surface area contributed by atoms with E-state index in [2.05, 4.69) is 10.6 Å². The Hall–Kier alpha value is -3.88. The highest BCUT2D eigenvalue weighted by molar-refractivity contribution is 6.08. The van der Waals surface area contributed by atoms with Crippen LogP contribution >= 0.6 is 0 Å². The first-order chi connectivity index (χ1) is 16.4. The van der Waals surface area contributed by atoms with Gasteiger partial charge in [-0.1, -0.05) is 20.8 Å². The van der Waals surface area contributed by atoms with Crippen LogP contribution in [0.2, 0.25) is 0 Å². The summed E-state index contributed by atoms with van der Waals surface area (Å²) in [5.41, 5.74) is 3.62. The molecular formula is C26H33N5O4. The minimum atomic E-state index is -0.578. The summed E-state index contributed by atoms with van der Waals surface area (Å²) in [5.74, 6) is 0.221. The molecule has 2 aromatic carbocycles. The van der Waals surface area contributed by atoms with Crippen LogP contribution in [-0.4, -0.2) is 63.3 Å². The molecule has 0 aliphatic carbocycles. The second-order valence-electron chi connectivity index (χ2n) is 9.73. The molecule has 0 radical (unpaired) electrons. The summed E-state index contributed by atoms with van der Waals surface area (Å²) in [6.45, 7) is 6.35. The number of anilines is 1. The lowest BCUT2D eigenvalue weighted by molar-refractivity contribution is 0.0955. The molecule has 9 nitrogen and oxygen atoms in total. The Morgan fingerprint density at radius 1 is 1.09 bits per heavy atom. The zero-order valence-electron chi connectivity index (χ0n) is 21.3. The van der Waals surface area contributed by atoms with Crippen LogP contribution in [0.5, 0.6) is 5.75 Å². The Balaban J connectivity index is 1.88. The van der Waals surface area contributed by atoms with Crippen molar-refractivity contribution in [3.8, 4) is 5.75 Å². The Bertz CT molecular complexity index is 1200. The third-order valence-electron chi connectivity index (χ3n) is 5.96. The monoisotopic (exact) mass is 479 g/mol. The molecule has 0 atom stereocenters. The van der Waals surface area contributed by atoms with Crippen molar-refractivity contribution >= 4 is 29.3 Å². The van der Waals surface area contributed by atoms with Gasteiger partial charge in [-0.3, -0.25) is 15.0 Å². The topological polar surface area (TPSA) is 115 Å². The fourth-order valence-corrected chi connectivity index (χ4v) is 4.05. The normalized spacial score (nSPS) is 12.8. The number of amides is 2. The number of carbonyl (C=O) groups is 3. The molecular weight excluding hydrogens is 446 g/mol. The van der Waals surface area contributed by atoms with Crippen LogP contribution in [0.1, 0.15) is 58.2 Å². The largest absolute Gasteiger partial charge is 0.412 e. The van der Waals surface area contributed by atoms with Crippen LogP contribution in [0.15, 0.2) is 30.3 Å². The molecule has 1 aliphatic heterocycles. The van der Waals surface area contributed by atoms with E-state index in [1.165, 1.54) is 7.05 Å². The number of carbonyl (C=O) groups excluding carboxylic acids is 3. The Labute approximate surface area is 205 Å². The van der Waals surface area contributed by atoms with Crippen LogP contribution in [0.25, 0.3) is 0 Å². The number of benzene rings is 2. The van der Waals surface area contributed by atoms with Crippen molar-refractivity contribution in [1.82, 2.24) is 15.5 Å². The van der Waals surface area contributed by atoms with Crippen molar-refractivity contribution < 1.29 is 19.1 Å². The van der Waals surface area contributed by atoms with Crippen LogP contribution in [0.3, 0.4) is 0 Å². The number of hydrogen-bond acceptors (Lipinski definition) is 6. The summed E-state index contributed by atoms with van der Waals surface area (Å²) in [5, 5.41) is 13.7. The average molecular weight is 480 g/mol. The molecule has 2 aromatic rings. The summed E-state index contributed by atoms with van der Waals surface area (Å²) >= 11 is 0. The standard InChI is InChI=1S/C26H33N5O4/c1-26(2,3)19-10-15(8-9-22(19)35-25(34)29-5)21(32)14-31-13-16-11-20(30(6)7)18(24(33)28-4)12-17(16)23(31)27/h8-12,27H,13-14H2,1-7H3,(H,28,33)(H,29,34). The lowest BCUT2D eigenvalue weighted by atomic mass is 9.85. The van der Waals surface area contributed by atoms with Gasteiger partial charge in [-0.25, -0.2) is 4.79 Å². The van der Waals surface area contributed by atoms with Crippen molar-refractivity contribution in [3.05, 3.63) is 58.1 Å². The van der Waals surface area contributed by atoms with Gasteiger partial charge in [0.1, 0.15) is 11.6 Å². The molecule has 9 heteroatoms. The van der Waals surface area contributed by atoms with E-state index in [0.717, 1.165) is 16.8 Å². The molecule has 0 saturated heterocycles. The molecule has 0 saturated carbocycles. The average Bonchev–Trinajstić information content (AvgIpc) is 3.11. The number of amidine groups is 1. The van der Waals surface area contributed by atoms with E-state index in [4.69, 9.17) is 10.1 Å². The van der Waals surface area contributed by atoms with Gasteiger partial charge >= 0.3 is 6.09 Å². The maximum absolute atomic E-state index is 13.2. The van der Waals surface area contributed by atoms with Gasteiger partial charge in [0, 0.05) is 57.1 Å². The molecule has 35 heavy (non-hydrogen) atoms. The first kappa shape index (κ1) is 25.7. The zero-order valence-corrected chi connectivity index (χ0v) is 21.3. The van der Waals surface area contributed by atoms with E-state index in [1.54, 1.807) is 36.2 Å². The number of ether oxygens (including phenoxy) is 1. The summed E-state index contributed by atoms with van der Waals surface area (Å²) in [6.07, 6.45) is -0.578. The lowest BCUT2D eigenvalue weighted by Crippen LogP contribution is -2.30. The van der Waals surface area contributed by atoms with Crippen molar-refractivity contribution in [1.29, 1.82) is 5.41 Å². The minimum Gasteiger partial charge on any atom is -0.410 e. The SMILES string of the molecule is CNC(=O)Oc1ccc(C(=O)CN2Cc3cc(N(C)C)c(C(=O)NC)cc3C2=N)cc1C(C)(C)C. The molecule has 3 rings (SSSR count). The molecule has 1 heterocycles. The summed E-state index contributed by atoms with van der Waals surface area (Å²) in [7, 11) is 6.78. The van der Waals surface area contributed by atoms with Crippen LogP contribution in [-0.2, 0) is 12.0 Å². The molecule has 2 amide bonds. The highest BCUT2D eigenvalue weighted by Gasteiger charge is 2.30. The van der Waals surface area contributed by atoms with Crippen LogP contribution in [0, 0.1) is 5.41 Å². The first-order valence-electron chi connectivity index (χ1n) is 11.3. The second-order valence-corrected chi connectivity index (χ2v) is 9.73. The van der Waals surface area contributed by atoms with E-state index in [9.17, 15) is 14.4 Å². The Kier molecular flexibility index (Phi) is 7.19. The van der Waals surface area contributed by atoms with Gasteiger partial charge in [-0.05, 0) is 41.3 Å². The highest BCUT2D eigenvalue weighted by Crippen LogP contribution is 2.34. The predicted octanol–water partition coefficient (Wildman–Crippen LogP) is 3.15. The fraction of sp³-hybridized carbons (Fsp3) is 0.385. The van der Waals surface area contributed by atoms with E-state index >= 15 is 0 Å². The summed E-state index contributed by atoms with van der Waals surface area (Å²) < 4.78 is 5.38. The fourth-order valence-electron chi connectivity index (χ4n) is 4.05. The third kappa shape index (κ3) is 5.29. The molecule has 0 fully saturated rings. The summed E-state index contributed by atoms with van der Waals surface area (Å²) in [4.78, 5) is 40.9. The predicted molar refractivity (Wildman–Crippen MR) is 136 cm³/mol. The van der Waals surface area contributed by atoms with Crippen molar-refractivity contribution in [2.75, 3.05) is 39.6 Å². The molecule has 0 aromatic heterocycles. The van der Waals surface area contributed by atoms with Gasteiger partial charge in [0.05, 0.1) is 12.1 Å². The zero-order chi connectivity index (χ0) is 26.1. The second kappa shape index (κ2) is 9.77. The lowest BCUT2D eigenvalue weighted by Gasteiger charge is -2.23. The molecule has 3 N–H and O–H groups in total. The van der Waals surface area contributed by atoms with E-state index < -0.39 is 6.09 Å². The van der Waals surface area contributed by atoms with E-state index in [1.807, 2.05) is 45.8 Å². The van der Waals surface area contributed by atoms with Gasteiger partial charge in [0.15, 0.2) is 5.78 Å². The minimum absolute atomic E-state index is 0.0132. The summed E-state index contributed by atoms with van der Waals surface area (Å²) in [6, 6.07) is 8.64. The van der Waals surface area contributed by atoms with E-state index in [-0.39, 0.29) is 29.5 Å². The Morgan fingerprint density at radius 3 is 2.34 bits per heavy atom. The first-order valence-corrected chi connectivity index (χ1v) is 11.3. The number of Topliss-reactive ketones (excluding diaryl/α,β-unsaturated/α-hetero) is 1. The number of hydrogen-bond donors (Lipinski definition) is 3. The molecule has 0 unspecified atom stereocenters. The number of nitrogens with zero attached hydrogens (tertiary/aromatic N) is 2. The number of ketones is 1. The van der Waals surface area contributed by atoms with Crippen molar-refractivity contribution in [3.63, 3.8) is 0 Å². The van der Waals surface area contributed by atoms with Gasteiger partial charge in [0.25, 0.3) is 5.91 Å². The molecule has 0 bridgehead atoms. The third-order valence-corrected chi connectivity index (χ3v) is 5.96. The highest BCUT2D eigenvalue weighted by atomic mass is 16.6. The van der Waals surface area contributed by atoms with Crippen molar-refractivity contribution in [2.24, 2.45) is 0 Å². The van der Waals surface area contributed by atoms with Gasteiger partial charge in [0.2, 0.25) is 0 Å². The van der Waals surface area contributed by atoms with E-state index in [0.29, 0.717) is 29.0 Å². The number of rotatable bonds is 6. The maximum Gasteiger partial charge on any atom is 0.412 e. The van der Waals surface area contributed by atoms with Crippen molar-refractivity contribution in [2.45, 2.75) is 32.7 Å². The number of fused-ring (bicyclic) bond motifs is 1. The van der Waals surface area contributed by atoms with Gasteiger partial charge in [-0.2, -0.15) is 0 Å². The molecule has 186 valence electrons. The van der Waals surface area contributed by atoms with Crippen LogP contribution < -0.4 is 20.3 Å².